The Kier molecular flexibility index (Phi) is 7.16. The third-order valence-electron chi connectivity index (χ3n) is 3.57. The Morgan fingerprint density at radius 2 is 1.79 bits per heavy atom. The molecule has 0 aliphatic heterocycles. The molecule has 150 valence electrons. The van der Waals surface area contributed by atoms with Gasteiger partial charge in [0.15, 0.2) is 0 Å². The Morgan fingerprint density at radius 1 is 1.11 bits per heavy atom. The van der Waals surface area contributed by atoms with Crippen LogP contribution in [0.4, 0.5) is 13.2 Å². The molecule has 0 aliphatic rings. The van der Waals surface area contributed by atoms with Crippen LogP contribution in [0.25, 0.3) is 0 Å². The van der Waals surface area contributed by atoms with Crippen molar-refractivity contribution in [3.05, 3.63) is 57.3 Å². The fourth-order valence-corrected chi connectivity index (χ4v) is 3.05. The lowest BCUT2D eigenvalue weighted by Gasteiger charge is -2.08. The highest BCUT2D eigenvalue weighted by Gasteiger charge is 2.30. The summed E-state index contributed by atoms with van der Waals surface area (Å²) in [6.45, 7) is 1.64. The topological polar surface area (TPSA) is 69.5 Å². The van der Waals surface area contributed by atoms with Crippen LogP contribution in [-0.4, -0.2) is 31.6 Å². The minimum absolute atomic E-state index is 0.00189. The van der Waals surface area contributed by atoms with Gasteiger partial charge in [-0.2, -0.15) is 13.2 Å². The highest BCUT2D eigenvalue weighted by Crippen LogP contribution is 2.29. The SMILES string of the molecule is CO/N=C(/C(=O)OC)c1sccc1CO/N=C(/C)c1ccc(C(F)(F)F)cc1. The number of methoxy groups -OCH3 is 1. The summed E-state index contributed by atoms with van der Waals surface area (Å²) in [5.74, 6) is -0.657. The van der Waals surface area contributed by atoms with Gasteiger partial charge in [0.1, 0.15) is 13.7 Å². The van der Waals surface area contributed by atoms with E-state index < -0.39 is 17.7 Å². The normalized spacial score (nSPS) is 12.6. The second-order valence-electron chi connectivity index (χ2n) is 5.41. The lowest BCUT2D eigenvalue weighted by atomic mass is 10.1. The molecule has 0 fully saturated rings. The van der Waals surface area contributed by atoms with Crippen LogP contribution in [0, 0.1) is 0 Å². The first-order valence-electron chi connectivity index (χ1n) is 7.88. The average molecular weight is 414 g/mol. The molecule has 1 heterocycles. The van der Waals surface area contributed by atoms with Gasteiger partial charge < -0.3 is 14.4 Å². The van der Waals surface area contributed by atoms with Crippen LogP contribution in [0.3, 0.4) is 0 Å². The molecule has 0 N–H and O–H groups in total. The van der Waals surface area contributed by atoms with E-state index in [1.54, 1.807) is 18.4 Å². The first kappa shape index (κ1) is 21.4. The number of esters is 1. The van der Waals surface area contributed by atoms with Crippen molar-refractivity contribution in [2.45, 2.75) is 19.7 Å². The van der Waals surface area contributed by atoms with Gasteiger partial charge in [-0.3, -0.25) is 0 Å². The van der Waals surface area contributed by atoms with Gasteiger partial charge in [-0.25, -0.2) is 4.79 Å². The van der Waals surface area contributed by atoms with Crippen LogP contribution in [0.15, 0.2) is 46.0 Å². The fraction of sp³-hybridized carbons (Fsp3) is 0.278. The summed E-state index contributed by atoms with van der Waals surface area (Å²) >= 11 is 1.25. The van der Waals surface area contributed by atoms with E-state index in [-0.39, 0.29) is 12.3 Å². The molecule has 2 rings (SSSR count). The molecule has 2 aromatic rings. The number of alkyl halides is 3. The fourth-order valence-electron chi connectivity index (χ4n) is 2.17. The van der Waals surface area contributed by atoms with Crippen LogP contribution in [0.5, 0.6) is 0 Å². The Bertz CT molecular complexity index is 874. The number of rotatable bonds is 7. The maximum absolute atomic E-state index is 12.6. The summed E-state index contributed by atoms with van der Waals surface area (Å²) in [4.78, 5) is 22.3. The molecule has 1 aromatic carbocycles. The second kappa shape index (κ2) is 9.36. The van der Waals surface area contributed by atoms with Gasteiger partial charge in [-0.05, 0) is 36.1 Å². The number of hydrogen-bond donors (Lipinski definition) is 0. The molecule has 0 bridgehead atoms. The summed E-state index contributed by atoms with van der Waals surface area (Å²) in [7, 11) is 2.54. The van der Waals surface area contributed by atoms with Crippen LogP contribution < -0.4 is 0 Å². The van der Waals surface area contributed by atoms with Crippen molar-refractivity contribution in [1.82, 2.24) is 0 Å². The number of ether oxygens (including phenoxy) is 1. The first-order chi connectivity index (χ1) is 13.3. The van der Waals surface area contributed by atoms with Crippen molar-refractivity contribution in [3.63, 3.8) is 0 Å². The summed E-state index contributed by atoms with van der Waals surface area (Å²) in [6.07, 6.45) is -4.39. The molecule has 0 atom stereocenters. The van der Waals surface area contributed by atoms with Crippen molar-refractivity contribution in [3.8, 4) is 0 Å². The van der Waals surface area contributed by atoms with Crippen molar-refractivity contribution < 1.29 is 32.4 Å². The molecule has 28 heavy (non-hydrogen) atoms. The van der Waals surface area contributed by atoms with Crippen LogP contribution in [0.2, 0.25) is 0 Å². The third-order valence-corrected chi connectivity index (χ3v) is 4.54. The highest BCUT2D eigenvalue weighted by atomic mass is 32.1. The minimum Gasteiger partial charge on any atom is -0.464 e. The van der Waals surface area contributed by atoms with Gasteiger partial charge in [0.05, 0.1) is 23.3 Å². The van der Waals surface area contributed by atoms with E-state index in [1.165, 1.54) is 37.7 Å². The second-order valence-corrected chi connectivity index (χ2v) is 6.33. The summed E-state index contributed by atoms with van der Waals surface area (Å²) in [5.41, 5.74) is 0.803. The Hall–Kier alpha value is -2.88. The summed E-state index contributed by atoms with van der Waals surface area (Å²) in [6, 6.07) is 6.34. The molecule has 6 nitrogen and oxygen atoms in total. The van der Waals surface area contributed by atoms with Gasteiger partial charge >= 0.3 is 12.1 Å². The molecule has 0 unspecified atom stereocenters. The number of hydrogen-bond acceptors (Lipinski definition) is 7. The number of benzene rings is 1. The average Bonchev–Trinajstić information content (AvgIpc) is 3.13. The Morgan fingerprint density at radius 3 is 2.36 bits per heavy atom. The van der Waals surface area contributed by atoms with Crippen molar-refractivity contribution in [1.29, 1.82) is 0 Å². The first-order valence-corrected chi connectivity index (χ1v) is 8.76. The van der Waals surface area contributed by atoms with Crippen LogP contribution in [0.1, 0.15) is 28.5 Å². The standard InChI is InChI=1S/C18H17F3N2O4S/c1-11(12-4-6-14(7-5-12)18(19,20)21)22-27-10-13-8-9-28-16(13)15(23-26-3)17(24)25-2/h4-9H,10H2,1-3H3/b22-11-,23-15+. The van der Waals surface area contributed by atoms with Crippen molar-refractivity contribution in [2.75, 3.05) is 14.2 Å². The molecule has 1 aromatic heterocycles. The van der Waals surface area contributed by atoms with E-state index in [9.17, 15) is 18.0 Å². The van der Waals surface area contributed by atoms with E-state index in [1.807, 2.05) is 0 Å². The third kappa shape index (κ3) is 5.32. The van der Waals surface area contributed by atoms with E-state index in [4.69, 9.17) is 4.84 Å². The summed E-state index contributed by atoms with van der Waals surface area (Å²) < 4.78 is 42.5. The van der Waals surface area contributed by atoms with Gasteiger partial charge in [-0.15, -0.1) is 11.3 Å². The van der Waals surface area contributed by atoms with Gasteiger partial charge in [0.25, 0.3) is 0 Å². The van der Waals surface area contributed by atoms with Crippen molar-refractivity contribution in [2.24, 2.45) is 10.3 Å². The number of carbonyl (C=O) groups excluding carboxylic acids is 1. The number of thiophene rings is 1. The Labute approximate surface area is 163 Å². The molecule has 0 aliphatic carbocycles. The number of halogens is 3. The van der Waals surface area contributed by atoms with E-state index >= 15 is 0 Å². The number of oxime groups is 2. The smallest absolute Gasteiger partial charge is 0.416 e. The molecular weight excluding hydrogens is 397 g/mol. The zero-order valence-electron chi connectivity index (χ0n) is 15.2. The molecule has 0 saturated heterocycles. The Balaban J connectivity index is 2.10. The quantitative estimate of drug-likeness (QED) is 0.386. The monoisotopic (exact) mass is 414 g/mol. The molecule has 10 heteroatoms. The van der Waals surface area contributed by atoms with E-state index in [0.717, 1.165) is 12.1 Å². The van der Waals surface area contributed by atoms with Crippen LogP contribution in [-0.2, 0) is 32.0 Å². The maximum Gasteiger partial charge on any atom is 0.416 e. The molecule has 0 amide bonds. The maximum atomic E-state index is 12.6. The molecule has 0 radical (unpaired) electrons. The van der Waals surface area contributed by atoms with Gasteiger partial charge in [0, 0.05) is 5.56 Å². The largest absolute Gasteiger partial charge is 0.464 e. The summed E-state index contributed by atoms with van der Waals surface area (Å²) in [5, 5.41) is 9.36. The lowest BCUT2D eigenvalue weighted by molar-refractivity contribution is -0.137. The molecular formula is C18H17F3N2O4S. The zero-order valence-corrected chi connectivity index (χ0v) is 16.1. The number of carbonyl (C=O) groups is 1. The molecule has 0 spiro atoms. The number of nitrogens with zero attached hydrogens (tertiary/aromatic N) is 2. The minimum atomic E-state index is -4.39. The predicted molar refractivity (Wildman–Crippen MR) is 98.3 cm³/mol. The molecule has 0 saturated carbocycles. The highest BCUT2D eigenvalue weighted by molar-refractivity contribution is 7.13. The van der Waals surface area contributed by atoms with Gasteiger partial charge in [0.2, 0.25) is 5.71 Å². The zero-order chi connectivity index (χ0) is 20.7. The predicted octanol–water partition coefficient (Wildman–Crippen LogP) is 4.23. The lowest BCUT2D eigenvalue weighted by Crippen LogP contribution is -2.17. The van der Waals surface area contributed by atoms with E-state index in [2.05, 4.69) is 19.9 Å². The van der Waals surface area contributed by atoms with Gasteiger partial charge in [-0.1, -0.05) is 22.4 Å². The van der Waals surface area contributed by atoms with E-state index in [0.29, 0.717) is 21.7 Å². The van der Waals surface area contributed by atoms with Crippen molar-refractivity contribution >= 4 is 28.7 Å². The van der Waals surface area contributed by atoms with Crippen LogP contribution >= 0.6 is 11.3 Å².